The zero-order chi connectivity index (χ0) is 21.8. The molecule has 3 rings (SSSR count). The lowest BCUT2D eigenvalue weighted by atomic mass is 10.1. The van der Waals surface area contributed by atoms with E-state index in [0.29, 0.717) is 27.8 Å². The minimum Gasteiger partial charge on any atom is -0.477 e. The number of carboxylic acids is 1. The molecule has 0 bridgehead atoms. The number of hydrogen-bond acceptors (Lipinski definition) is 4. The zero-order valence-corrected chi connectivity index (χ0v) is 18.0. The lowest BCUT2D eigenvalue weighted by Gasteiger charge is -2.10. The van der Waals surface area contributed by atoms with Crippen molar-refractivity contribution in [3.05, 3.63) is 86.9 Å². The van der Waals surface area contributed by atoms with Crippen molar-refractivity contribution in [2.45, 2.75) is 20.4 Å². The van der Waals surface area contributed by atoms with Crippen LogP contribution in [0.25, 0.3) is 0 Å². The summed E-state index contributed by atoms with van der Waals surface area (Å²) in [6.45, 7) is 4.03. The Kier molecular flexibility index (Phi) is 6.65. The van der Waals surface area contributed by atoms with Crippen molar-refractivity contribution in [2.24, 2.45) is 4.99 Å². The average molecular weight is 443 g/mol. The van der Waals surface area contributed by atoms with Gasteiger partial charge in [-0.05, 0) is 73.0 Å². The number of nitrogens with zero attached hydrogens (tertiary/aromatic N) is 1. The van der Waals surface area contributed by atoms with Gasteiger partial charge in [0.15, 0.2) is 5.71 Å². The van der Waals surface area contributed by atoms with Crippen molar-refractivity contribution in [3.8, 4) is 11.5 Å². The minimum atomic E-state index is -1.17. The number of nitrogen functional groups attached to an aromatic ring is 1. The van der Waals surface area contributed by atoms with E-state index in [1.807, 2.05) is 38.1 Å². The fourth-order valence-corrected chi connectivity index (χ4v) is 3.22. The van der Waals surface area contributed by atoms with Gasteiger partial charge in [-0.15, -0.1) is 0 Å². The fourth-order valence-electron chi connectivity index (χ4n) is 2.94. The second-order valence-corrected chi connectivity index (χ2v) is 7.63. The number of ether oxygens (including phenoxy) is 1. The molecule has 0 spiro atoms. The van der Waals surface area contributed by atoms with Gasteiger partial charge in [0.05, 0.1) is 6.54 Å². The lowest BCUT2D eigenvalue weighted by Crippen LogP contribution is -2.16. The summed E-state index contributed by atoms with van der Waals surface area (Å²) in [6, 6.07) is 15.7. The van der Waals surface area contributed by atoms with Crippen molar-refractivity contribution in [3.63, 3.8) is 0 Å². The fraction of sp³-hybridized carbons (Fsp3) is 0.130. The first-order valence-corrected chi connectivity index (χ1v) is 9.87. The molecular weight excluding hydrogens is 423 g/mol. The van der Waals surface area contributed by atoms with E-state index in [1.165, 1.54) is 6.07 Å². The maximum absolute atomic E-state index is 11.7. The number of aliphatic imine (C=N–C) groups is 1. The minimum absolute atomic E-state index is 0.137. The van der Waals surface area contributed by atoms with Gasteiger partial charge in [-0.3, -0.25) is 4.99 Å². The number of nitrogens with two attached hydrogens (primary N) is 1. The molecule has 0 saturated carbocycles. The van der Waals surface area contributed by atoms with E-state index in [0.717, 1.165) is 21.7 Å². The Morgan fingerprint density at radius 1 is 1.00 bits per heavy atom. The van der Waals surface area contributed by atoms with Gasteiger partial charge in [-0.1, -0.05) is 35.3 Å². The summed E-state index contributed by atoms with van der Waals surface area (Å²) in [7, 11) is 0. The SMILES string of the molecule is Cc1cc(Oc2ccc(CN=C(C(=O)O)c3cc(Cl)ccc3N)cc2)cc(C)c1Cl. The summed E-state index contributed by atoms with van der Waals surface area (Å²) in [4.78, 5) is 15.9. The molecule has 0 amide bonds. The van der Waals surface area contributed by atoms with Gasteiger partial charge in [0, 0.05) is 21.3 Å². The van der Waals surface area contributed by atoms with E-state index in [2.05, 4.69) is 4.99 Å². The number of carbonyl (C=O) groups is 1. The van der Waals surface area contributed by atoms with Crippen LogP contribution in [0.2, 0.25) is 10.0 Å². The van der Waals surface area contributed by atoms with E-state index >= 15 is 0 Å². The van der Waals surface area contributed by atoms with Crippen LogP contribution in [0.5, 0.6) is 11.5 Å². The second kappa shape index (κ2) is 9.20. The van der Waals surface area contributed by atoms with Crippen LogP contribution < -0.4 is 10.5 Å². The first kappa shape index (κ1) is 21.7. The average Bonchev–Trinajstić information content (AvgIpc) is 2.70. The van der Waals surface area contributed by atoms with E-state index in [9.17, 15) is 9.90 Å². The number of aliphatic carboxylic acids is 1. The van der Waals surface area contributed by atoms with Gasteiger partial charge in [-0.25, -0.2) is 4.79 Å². The van der Waals surface area contributed by atoms with Crippen LogP contribution in [0.1, 0.15) is 22.3 Å². The number of carboxylic acid groups (broad SMARTS) is 1. The molecule has 7 heteroatoms. The van der Waals surface area contributed by atoms with Crippen LogP contribution in [0.3, 0.4) is 0 Å². The smallest absolute Gasteiger partial charge is 0.354 e. The Bertz CT molecular complexity index is 1100. The Labute approximate surface area is 184 Å². The third-order valence-corrected chi connectivity index (χ3v) is 5.29. The molecule has 0 aliphatic rings. The van der Waals surface area contributed by atoms with Crippen LogP contribution >= 0.6 is 23.2 Å². The van der Waals surface area contributed by atoms with Gasteiger partial charge in [0.25, 0.3) is 0 Å². The third kappa shape index (κ3) is 5.12. The molecule has 0 fully saturated rings. The molecule has 0 aliphatic heterocycles. The maximum atomic E-state index is 11.7. The predicted octanol–water partition coefficient (Wildman–Crippen LogP) is 6.06. The van der Waals surface area contributed by atoms with Crippen molar-refractivity contribution in [1.82, 2.24) is 0 Å². The largest absolute Gasteiger partial charge is 0.477 e. The quantitative estimate of drug-likeness (QED) is 0.358. The molecule has 0 aliphatic carbocycles. The third-order valence-electron chi connectivity index (χ3n) is 4.46. The first-order chi connectivity index (χ1) is 14.2. The number of benzene rings is 3. The number of anilines is 1. The number of halogens is 2. The molecule has 0 radical (unpaired) electrons. The molecule has 0 atom stereocenters. The summed E-state index contributed by atoms with van der Waals surface area (Å²) < 4.78 is 5.89. The van der Waals surface area contributed by atoms with Gasteiger partial charge in [0.2, 0.25) is 0 Å². The maximum Gasteiger partial charge on any atom is 0.354 e. The molecule has 3 aromatic carbocycles. The predicted molar refractivity (Wildman–Crippen MR) is 121 cm³/mol. The highest BCUT2D eigenvalue weighted by Gasteiger charge is 2.16. The zero-order valence-electron chi connectivity index (χ0n) is 16.4. The lowest BCUT2D eigenvalue weighted by molar-refractivity contribution is -0.129. The number of aryl methyl sites for hydroxylation is 2. The van der Waals surface area contributed by atoms with E-state index < -0.39 is 5.97 Å². The second-order valence-electron chi connectivity index (χ2n) is 6.82. The Balaban J connectivity index is 1.77. The molecule has 0 saturated heterocycles. The van der Waals surface area contributed by atoms with Crippen LogP contribution in [0, 0.1) is 13.8 Å². The highest BCUT2D eigenvalue weighted by atomic mass is 35.5. The molecule has 0 unspecified atom stereocenters. The van der Waals surface area contributed by atoms with Crippen molar-refractivity contribution >= 4 is 40.6 Å². The van der Waals surface area contributed by atoms with Crippen molar-refractivity contribution in [1.29, 1.82) is 0 Å². The van der Waals surface area contributed by atoms with Gasteiger partial charge in [0.1, 0.15) is 11.5 Å². The Hall–Kier alpha value is -3.02. The number of rotatable bonds is 6. The van der Waals surface area contributed by atoms with Gasteiger partial charge < -0.3 is 15.6 Å². The molecule has 3 aromatic rings. The van der Waals surface area contributed by atoms with E-state index in [4.69, 9.17) is 33.7 Å². The highest BCUT2D eigenvalue weighted by Crippen LogP contribution is 2.29. The Morgan fingerprint density at radius 2 is 1.63 bits per heavy atom. The van der Waals surface area contributed by atoms with E-state index in [1.54, 1.807) is 24.3 Å². The number of hydrogen-bond donors (Lipinski definition) is 2. The van der Waals surface area contributed by atoms with Gasteiger partial charge in [-0.2, -0.15) is 0 Å². The molecule has 5 nitrogen and oxygen atoms in total. The van der Waals surface area contributed by atoms with E-state index in [-0.39, 0.29) is 12.3 Å². The first-order valence-electron chi connectivity index (χ1n) is 9.11. The summed E-state index contributed by atoms with van der Waals surface area (Å²) in [6.07, 6.45) is 0. The molecule has 30 heavy (non-hydrogen) atoms. The standard InChI is InChI=1S/C23H20Cl2N2O3/c1-13-9-18(10-14(2)21(13)25)30-17-6-3-15(4-7-17)12-27-22(23(28)29)19-11-16(24)5-8-20(19)26/h3-11H,12,26H2,1-2H3,(H,28,29). The van der Waals surface area contributed by atoms with Crippen molar-refractivity contribution < 1.29 is 14.6 Å². The molecule has 3 N–H and O–H groups in total. The molecule has 0 heterocycles. The van der Waals surface area contributed by atoms with Crippen LogP contribution in [-0.4, -0.2) is 16.8 Å². The van der Waals surface area contributed by atoms with Crippen LogP contribution in [-0.2, 0) is 11.3 Å². The molecule has 0 aromatic heterocycles. The summed E-state index contributed by atoms with van der Waals surface area (Å²) in [5.41, 5.74) is 9.07. The Morgan fingerprint density at radius 3 is 2.23 bits per heavy atom. The molecule has 154 valence electrons. The highest BCUT2D eigenvalue weighted by molar-refractivity contribution is 6.44. The van der Waals surface area contributed by atoms with Crippen molar-refractivity contribution in [2.75, 3.05) is 5.73 Å². The summed E-state index contributed by atoms with van der Waals surface area (Å²) in [5, 5.41) is 10.7. The van der Waals surface area contributed by atoms with Gasteiger partial charge >= 0.3 is 5.97 Å². The monoisotopic (exact) mass is 442 g/mol. The molecular formula is C23H20Cl2N2O3. The summed E-state index contributed by atoms with van der Waals surface area (Å²) in [5.74, 6) is 0.184. The topological polar surface area (TPSA) is 84.9 Å². The van der Waals surface area contributed by atoms with Crippen LogP contribution in [0.4, 0.5) is 5.69 Å². The van der Waals surface area contributed by atoms with Crippen LogP contribution in [0.15, 0.2) is 59.6 Å². The normalized spacial score (nSPS) is 11.4. The summed E-state index contributed by atoms with van der Waals surface area (Å²) >= 11 is 12.2.